The molecule has 0 atom stereocenters. The number of benzene rings is 1. The van der Waals surface area contributed by atoms with Crippen molar-refractivity contribution in [3.05, 3.63) is 29.7 Å². The van der Waals surface area contributed by atoms with Gasteiger partial charge in [-0.1, -0.05) is 0 Å². The molecule has 7 heteroatoms. The SMILES string of the molecule is COc1c(I)cc(I)cc1/C=C1/SC(=O)NC1=O. The zero-order valence-corrected chi connectivity index (χ0v) is 14.3. The fourth-order valence-electron chi connectivity index (χ4n) is 1.47. The highest BCUT2D eigenvalue weighted by Crippen LogP contribution is 2.33. The van der Waals surface area contributed by atoms with Crippen LogP contribution in [0.5, 0.6) is 5.75 Å². The number of thioether (sulfide) groups is 1. The Kier molecular flexibility index (Phi) is 4.54. The molecule has 0 aromatic heterocycles. The van der Waals surface area contributed by atoms with Gasteiger partial charge in [0.2, 0.25) is 0 Å². The summed E-state index contributed by atoms with van der Waals surface area (Å²) in [5.41, 5.74) is 0.793. The van der Waals surface area contributed by atoms with E-state index in [9.17, 15) is 9.59 Å². The van der Waals surface area contributed by atoms with Gasteiger partial charge in [-0.05, 0) is 75.2 Å². The Morgan fingerprint density at radius 1 is 1.33 bits per heavy atom. The van der Waals surface area contributed by atoms with Crippen molar-refractivity contribution in [2.24, 2.45) is 0 Å². The van der Waals surface area contributed by atoms with Crippen molar-refractivity contribution in [2.75, 3.05) is 7.11 Å². The maximum Gasteiger partial charge on any atom is 0.290 e. The molecule has 1 saturated heterocycles. The van der Waals surface area contributed by atoms with Crippen molar-refractivity contribution < 1.29 is 14.3 Å². The first-order valence-electron chi connectivity index (χ1n) is 4.79. The summed E-state index contributed by atoms with van der Waals surface area (Å²) in [5, 5.41) is 1.88. The van der Waals surface area contributed by atoms with Crippen molar-refractivity contribution in [2.45, 2.75) is 0 Å². The Morgan fingerprint density at radius 3 is 2.61 bits per heavy atom. The molecule has 94 valence electrons. The van der Waals surface area contributed by atoms with Crippen LogP contribution in [-0.4, -0.2) is 18.3 Å². The van der Waals surface area contributed by atoms with Gasteiger partial charge in [0.25, 0.3) is 11.1 Å². The topological polar surface area (TPSA) is 55.4 Å². The van der Waals surface area contributed by atoms with Gasteiger partial charge in [-0.2, -0.15) is 0 Å². The summed E-state index contributed by atoms with van der Waals surface area (Å²) in [6.07, 6.45) is 1.67. The van der Waals surface area contributed by atoms with Gasteiger partial charge in [0.15, 0.2) is 0 Å². The fourth-order valence-corrected chi connectivity index (χ4v) is 4.25. The van der Waals surface area contributed by atoms with Crippen LogP contribution < -0.4 is 10.1 Å². The number of carbonyl (C=O) groups is 2. The van der Waals surface area contributed by atoms with Gasteiger partial charge in [-0.15, -0.1) is 0 Å². The molecular formula is C11H7I2NO3S. The van der Waals surface area contributed by atoms with Crippen LogP contribution in [0.4, 0.5) is 4.79 Å². The van der Waals surface area contributed by atoms with Gasteiger partial charge >= 0.3 is 0 Å². The maximum atomic E-state index is 11.5. The predicted octanol–water partition coefficient (Wildman–Crippen LogP) is 3.23. The zero-order valence-electron chi connectivity index (χ0n) is 9.12. The van der Waals surface area contributed by atoms with E-state index in [0.29, 0.717) is 10.7 Å². The summed E-state index contributed by atoms with van der Waals surface area (Å²) in [6.45, 7) is 0. The molecule has 18 heavy (non-hydrogen) atoms. The Bertz CT molecular complexity index is 572. The molecule has 2 amide bonds. The van der Waals surface area contributed by atoms with Crippen LogP contribution in [-0.2, 0) is 4.79 Å². The molecule has 0 bridgehead atoms. The molecule has 0 unspecified atom stereocenters. The van der Waals surface area contributed by atoms with Crippen molar-refractivity contribution >= 4 is 74.2 Å². The average Bonchev–Trinajstić information content (AvgIpc) is 2.57. The highest BCUT2D eigenvalue weighted by molar-refractivity contribution is 14.1. The van der Waals surface area contributed by atoms with Crippen molar-refractivity contribution in [1.82, 2.24) is 5.32 Å². The Morgan fingerprint density at radius 2 is 2.06 bits per heavy atom. The minimum Gasteiger partial charge on any atom is -0.495 e. The third-order valence-corrected chi connectivity index (χ3v) is 4.40. The smallest absolute Gasteiger partial charge is 0.290 e. The molecule has 4 nitrogen and oxygen atoms in total. The molecule has 1 fully saturated rings. The summed E-state index contributed by atoms with van der Waals surface area (Å²) < 4.78 is 7.32. The monoisotopic (exact) mass is 487 g/mol. The molecule has 1 aliphatic rings. The number of hydrogen-bond donors (Lipinski definition) is 1. The van der Waals surface area contributed by atoms with E-state index in [1.807, 2.05) is 12.1 Å². The molecule has 0 spiro atoms. The Labute approximate surface area is 135 Å². The number of nitrogens with one attached hydrogen (secondary N) is 1. The van der Waals surface area contributed by atoms with E-state index in [4.69, 9.17) is 4.74 Å². The first kappa shape index (κ1) is 14.1. The van der Waals surface area contributed by atoms with E-state index in [1.165, 1.54) is 0 Å². The van der Waals surface area contributed by atoms with Crippen LogP contribution >= 0.6 is 56.9 Å². The van der Waals surface area contributed by atoms with Gasteiger partial charge < -0.3 is 4.74 Å². The molecule has 1 aromatic rings. The van der Waals surface area contributed by atoms with Gasteiger partial charge in [0.1, 0.15) is 5.75 Å². The van der Waals surface area contributed by atoms with E-state index in [-0.39, 0.29) is 11.1 Å². The van der Waals surface area contributed by atoms with Crippen molar-refractivity contribution in [3.8, 4) is 5.75 Å². The van der Waals surface area contributed by atoms with E-state index in [0.717, 1.165) is 24.5 Å². The van der Waals surface area contributed by atoms with Gasteiger partial charge in [0, 0.05) is 9.13 Å². The minimum atomic E-state index is -0.360. The molecule has 1 N–H and O–H groups in total. The third-order valence-electron chi connectivity index (χ3n) is 2.17. The molecule has 0 radical (unpaired) electrons. The van der Waals surface area contributed by atoms with Crippen LogP contribution in [0.3, 0.4) is 0 Å². The second-order valence-electron chi connectivity index (χ2n) is 3.36. The molecule has 0 aliphatic carbocycles. The van der Waals surface area contributed by atoms with Gasteiger partial charge in [-0.25, -0.2) is 0 Å². The molecule has 1 aromatic carbocycles. The number of carbonyl (C=O) groups excluding carboxylic acids is 2. The second kappa shape index (κ2) is 5.78. The van der Waals surface area contributed by atoms with E-state index in [1.54, 1.807) is 13.2 Å². The second-order valence-corrected chi connectivity index (χ2v) is 6.78. The summed E-state index contributed by atoms with van der Waals surface area (Å²) in [6, 6.07) is 3.89. The van der Waals surface area contributed by atoms with E-state index < -0.39 is 0 Å². The normalized spacial score (nSPS) is 17.2. The quantitative estimate of drug-likeness (QED) is 0.515. The van der Waals surface area contributed by atoms with Crippen LogP contribution in [0.25, 0.3) is 6.08 Å². The molecule has 1 heterocycles. The van der Waals surface area contributed by atoms with Crippen LogP contribution in [0.1, 0.15) is 5.56 Å². The highest BCUT2D eigenvalue weighted by atomic mass is 127. The number of hydrogen-bond acceptors (Lipinski definition) is 4. The first-order valence-corrected chi connectivity index (χ1v) is 7.76. The highest BCUT2D eigenvalue weighted by Gasteiger charge is 2.25. The molecule has 2 rings (SSSR count). The number of amides is 2. The van der Waals surface area contributed by atoms with Crippen LogP contribution in [0, 0.1) is 7.14 Å². The van der Waals surface area contributed by atoms with Crippen LogP contribution in [0.15, 0.2) is 17.0 Å². The molecule has 0 saturated carbocycles. The number of methoxy groups -OCH3 is 1. The largest absolute Gasteiger partial charge is 0.495 e. The summed E-state index contributed by atoms with van der Waals surface area (Å²) in [4.78, 5) is 23.0. The van der Waals surface area contributed by atoms with Gasteiger partial charge in [-0.3, -0.25) is 14.9 Å². The summed E-state index contributed by atoms with van der Waals surface area (Å²) in [5.74, 6) is 0.345. The van der Waals surface area contributed by atoms with Crippen molar-refractivity contribution in [3.63, 3.8) is 0 Å². The average molecular weight is 487 g/mol. The summed E-state index contributed by atoms with van der Waals surface area (Å²) >= 11 is 5.27. The Hall–Kier alpha value is -0.290. The van der Waals surface area contributed by atoms with E-state index in [2.05, 4.69) is 50.5 Å². The van der Waals surface area contributed by atoms with Crippen molar-refractivity contribution in [1.29, 1.82) is 0 Å². The number of imide groups is 1. The number of ether oxygens (including phenoxy) is 1. The minimum absolute atomic E-state index is 0.342. The zero-order chi connectivity index (χ0) is 13.3. The lowest BCUT2D eigenvalue weighted by atomic mass is 10.2. The molecular weight excluding hydrogens is 480 g/mol. The standard InChI is InChI=1S/C11H7I2NO3S/c1-17-9-5(2-6(12)4-7(9)13)3-8-10(15)14-11(16)18-8/h2-4H,1H3,(H,14,15,16)/b8-3+. The molecule has 1 aliphatic heterocycles. The first-order chi connectivity index (χ1) is 8.51. The lowest BCUT2D eigenvalue weighted by molar-refractivity contribution is -0.115. The lowest BCUT2D eigenvalue weighted by Crippen LogP contribution is -2.17. The maximum absolute atomic E-state index is 11.5. The van der Waals surface area contributed by atoms with Crippen LogP contribution in [0.2, 0.25) is 0 Å². The third kappa shape index (κ3) is 2.99. The predicted molar refractivity (Wildman–Crippen MR) is 87.5 cm³/mol. The fraction of sp³-hybridized carbons (Fsp3) is 0.0909. The number of rotatable bonds is 2. The van der Waals surface area contributed by atoms with Gasteiger partial charge in [0.05, 0.1) is 15.6 Å². The van der Waals surface area contributed by atoms with E-state index >= 15 is 0 Å². The lowest BCUT2D eigenvalue weighted by Gasteiger charge is -2.08. The summed E-state index contributed by atoms with van der Waals surface area (Å²) in [7, 11) is 1.58. The number of halogens is 2. The Balaban J connectivity index is 2.48.